The van der Waals surface area contributed by atoms with Crippen molar-refractivity contribution in [3.8, 4) is 0 Å². The van der Waals surface area contributed by atoms with Gasteiger partial charge in [-0.3, -0.25) is 0 Å². The van der Waals surface area contributed by atoms with Crippen LogP contribution < -0.4 is 21.1 Å². The van der Waals surface area contributed by atoms with Crippen molar-refractivity contribution in [2.24, 2.45) is 7.05 Å². The van der Waals surface area contributed by atoms with E-state index in [1.807, 2.05) is 17.8 Å². The number of carbonyl (C=O) groups excluding carboxylic acids is 1. The Morgan fingerprint density at radius 1 is 1.58 bits per heavy atom. The fourth-order valence-corrected chi connectivity index (χ4v) is 0.977. The Morgan fingerprint density at radius 2 is 2.16 bits per heavy atom. The maximum Gasteiger partial charge on any atom is 0.243 e. The molecule has 0 saturated heterocycles. The molecule has 0 amide bonds. The van der Waals surface area contributed by atoms with E-state index in [2.05, 4.69) is 39.2 Å². The van der Waals surface area contributed by atoms with Crippen LogP contribution in [0.5, 0.6) is 0 Å². The van der Waals surface area contributed by atoms with Gasteiger partial charge in [0, 0.05) is 5.97 Å². The number of aromatic nitrogens is 5. The topological polar surface area (TPSA) is 143 Å². The molecule has 0 atom stereocenters. The average Bonchev–Trinajstić information content (AvgIpc) is 2.87. The Kier molecular flexibility index (Phi) is 7.35. The van der Waals surface area contributed by atoms with Crippen LogP contribution >= 0.6 is 0 Å². The summed E-state index contributed by atoms with van der Waals surface area (Å²) in [7, 11) is 2.02. The van der Waals surface area contributed by atoms with Crippen LogP contribution in [0.1, 0.15) is 13.8 Å². The lowest BCUT2D eigenvalue weighted by atomic mass is 10.7. The summed E-state index contributed by atoms with van der Waals surface area (Å²) < 4.78 is 4.16. The Balaban J connectivity index is 0.000000272. The Labute approximate surface area is 110 Å². The first-order chi connectivity index (χ1) is 8.85. The van der Waals surface area contributed by atoms with Gasteiger partial charge in [-0.05, 0) is 13.8 Å². The molecule has 0 unspecified atom stereocenters. The van der Waals surface area contributed by atoms with Crippen molar-refractivity contribution < 1.29 is 14.5 Å². The predicted octanol–water partition coefficient (Wildman–Crippen LogP) is -1.94. The molecule has 0 aliphatic rings. The van der Waals surface area contributed by atoms with Gasteiger partial charge in [-0.25, -0.2) is 14.2 Å². The highest BCUT2D eigenvalue weighted by atomic mass is 16.4. The molecule has 0 saturated carbocycles. The number of imidazole rings is 1. The number of carbonyl (C=O) groups is 1. The molecule has 0 aliphatic carbocycles. The van der Waals surface area contributed by atoms with Gasteiger partial charge in [0.05, 0.1) is 13.6 Å². The lowest BCUT2D eigenvalue weighted by molar-refractivity contribution is -0.671. The summed E-state index contributed by atoms with van der Waals surface area (Å²) in [6.07, 6.45) is 6.14. The number of nitrogen functional groups attached to an aromatic ring is 2. The number of carboxylic acids is 1. The molecule has 2 rings (SSSR count). The van der Waals surface area contributed by atoms with Crippen molar-refractivity contribution in [2.75, 3.05) is 11.5 Å². The monoisotopic (exact) mass is 269 g/mol. The molecule has 106 valence electrons. The molecule has 0 aromatic carbocycles. The highest BCUT2D eigenvalue weighted by molar-refractivity contribution is 5.60. The average molecular weight is 269 g/mol. The molecule has 2 aromatic rings. The van der Waals surface area contributed by atoms with Gasteiger partial charge in [-0.2, -0.15) is 4.98 Å². The number of aryl methyl sites for hydroxylation is 2. The molecule has 9 nitrogen and oxygen atoms in total. The van der Waals surface area contributed by atoms with Crippen LogP contribution in [-0.2, 0) is 18.4 Å². The van der Waals surface area contributed by atoms with E-state index in [4.69, 9.17) is 21.4 Å². The van der Waals surface area contributed by atoms with E-state index >= 15 is 0 Å². The molecular weight excluding hydrogens is 250 g/mol. The van der Waals surface area contributed by atoms with Crippen LogP contribution in [0.3, 0.4) is 0 Å². The second kappa shape index (κ2) is 8.50. The molecule has 0 aliphatic heterocycles. The molecule has 2 aromatic heterocycles. The van der Waals surface area contributed by atoms with Gasteiger partial charge in [0.1, 0.15) is 12.4 Å². The van der Waals surface area contributed by atoms with Crippen LogP contribution in [0.4, 0.5) is 11.9 Å². The molecule has 0 fully saturated rings. The minimum atomic E-state index is -1.08. The molecule has 0 bridgehead atoms. The molecule has 2 heterocycles. The van der Waals surface area contributed by atoms with E-state index in [0.717, 1.165) is 13.5 Å². The molecule has 0 radical (unpaired) electrons. The predicted molar refractivity (Wildman–Crippen MR) is 67.2 cm³/mol. The molecule has 5 N–H and O–H groups in total. The maximum absolute atomic E-state index is 8.89. The van der Waals surface area contributed by atoms with Gasteiger partial charge in [0.15, 0.2) is 0 Å². The SMILES string of the molecule is CC(=O)[O-].CCn1cc[n+](C)c1.Nc1n[nH]c(N)n1. The summed E-state index contributed by atoms with van der Waals surface area (Å²) in [6.45, 7) is 4.15. The lowest BCUT2D eigenvalue weighted by Crippen LogP contribution is -2.23. The largest absolute Gasteiger partial charge is 0.550 e. The van der Waals surface area contributed by atoms with Gasteiger partial charge in [0.2, 0.25) is 18.2 Å². The number of aliphatic carboxylic acids is 1. The third-order valence-corrected chi connectivity index (χ3v) is 1.71. The Hall–Kier alpha value is -2.58. The quantitative estimate of drug-likeness (QED) is 0.514. The smallest absolute Gasteiger partial charge is 0.243 e. The molecular formula is C10H19N7O2. The first-order valence-electron chi connectivity index (χ1n) is 5.47. The van der Waals surface area contributed by atoms with Gasteiger partial charge in [-0.15, -0.1) is 5.10 Å². The second-order valence-electron chi connectivity index (χ2n) is 3.48. The van der Waals surface area contributed by atoms with E-state index in [-0.39, 0.29) is 11.9 Å². The highest BCUT2D eigenvalue weighted by Crippen LogP contribution is 1.89. The minimum absolute atomic E-state index is 0.178. The van der Waals surface area contributed by atoms with Crippen LogP contribution in [-0.4, -0.2) is 25.7 Å². The standard InChI is InChI=1S/C6H11N2.C2H5N5.C2H4O2/c1-3-8-5-4-7(2)6-8;3-1-5-2(4)7-6-1;1-2(3)4/h4-6H,3H2,1-2H3;(H5,3,4,5,6,7);1H3,(H,3,4)/q+1;;/p-1. The Bertz CT molecular complexity index is 471. The number of aromatic amines is 1. The van der Waals surface area contributed by atoms with Crippen LogP contribution in [0.25, 0.3) is 0 Å². The van der Waals surface area contributed by atoms with Crippen LogP contribution in [0.2, 0.25) is 0 Å². The number of nitrogens with zero attached hydrogens (tertiary/aromatic N) is 4. The summed E-state index contributed by atoms with van der Waals surface area (Å²) in [5, 5.41) is 14.7. The van der Waals surface area contributed by atoms with Crippen LogP contribution in [0, 0.1) is 0 Å². The van der Waals surface area contributed by atoms with E-state index in [1.54, 1.807) is 0 Å². The van der Waals surface area contributed by atoms with E-state index in [1.165, 1.54) is 0 Å². The number of nitrogens with one attached hydrogen (secondary N) is 1. The molecule has 9 heteroatoms. The lowest BCUT2D eigenvalue weighted by Gasteiger charge is -1.81. The number of H-pyrrole nitrogens is 1. The zero-order chi connectivity index (χ0) is 14.8. The number of anilines is 2. The summed E-state index contributed by atoms with van der Waals surface area (Å²) >= 11 is 0. The minimum Gasteiger partial charge on any atom is -0.550 e. The number of nitrogens with two attached hydrogens (primary N) is 2. The van der Waals surface area contributed by atoms with Crippen molar-refractivity contribution in [1.82, 2.24) is 19.7 Å². The summed E-state index contributed by atoms with van der Waals surface area (Å²) in [5.41, 5.74) is 10.1. The van der Waals surface area contributed by atoms with Crippen molar-refractivity contribution >= 4 is 17.9 Å². The van der Waals surface area contributed by atoms with Crippen LogP contribution in [0.15, 0.2) is 18.7 Å². The summed E-state index contributed by atoms with van der Waals surface area (Å²) in [4.78, 5) is 12.4. The Morgan fingerprint density at radius 3 is 2.32 bits per heavy atom. The summed E-state index contributed by atoms with van der Waals surface area (Å²) in [5.74, 6) is -0.657. The van der Waals surface area contributed by atoms with Gasteiger partial charge < -0.3 is 21.4 Å². The van der Waals surface area contributed by atoms with Crippen molar-refractivity contribution in [1.29, 1.82) is 0 Å². The van der Waals surface area contributed by atoms with Crippen molar-refractivity contribution in [2.45, 2.75) is 20.4 Å². The zero-order valence-corrected chi connectivity index (χ0v) is 11.2. The summed E-state index contributed by atoms with van der Waals surface area (Å²) in [6, 6.07) is 0. The first-order valence-corrected chi connectivity index (χ1v) is 5.47. The van der Waals surface area contributed by atoms with E-state index in [9.17, 15) is 0 Å². The van der Waals surface area contributed by atoms with E-state index < -0.39 is 5.97 Å². The van der Waals surface area contributed by atoms with Crippen molar-refractivity contribution in [3.05, 3.63) is 18.7 Å². The fourth-order valence-electron chi connectivity index (χ4n) is 0.977. The number of hydrogen-bond donors (Lipinski definition) is 3. The van der Waals surface area contributed by atoms with Gasteiger partial charge >= 0.3 is 0 Å². The third-order valence-electron chi connectivity index (χ3n) is 1.71. The second-order valence-corrected chi connectivity index (χ2v) is 3.48. The third kappa shape index (κ3) is 9.15. The normalized spacial score (nSPS) is 8.79. The van der Waals surface area contributed by atoms with Gasteiger partial charge in [-0.1, -0.05) is 0 Å². The molecule has 0 spiro atoms. The van der Waals surface area contributed by atoms with Crippen molar-refractivity contribution in [3.63, 3.8) is 0 Å². The van der Waals surface area contributed by atoms with E-state index in [0.29, 0.717) is 0 Å². The zero-order valence-electron chi connectivity index (χ0n) is 11.2. The fraction of sp³-hybridized carbons (Fsp3) is 0.400. The highest BCUT2D eigenvalue weighted by Gasteiger charge is 1.92. The number of rotatable bonds is 1. The molecule has 19 heavy (non-hydrogen) atoms. The van der Waals surface area contributed by atoms with Gasteiger partial charge in [0.25, 0.3) is 0 Å². The number of carboxylic acid groups (broad SMARTS) is 1. The number of hydrogen-bond acceptors (Lipinski definition) is 6. The maximum atomic E-state index is 8.89. The first kappa shape index (κ1) is 16.4.